The summed E-state index contributed by atoms with van der Waals surface area (Å²) < 4.78 is 0. The smallest absolute Gasteiger partial charge is 0.129 e. The predicted molar refractivity (Wildman–Crippen MR) is 70.8 cm³/mol. The lowest BCUT2D eigenvalue weighted by molar-refractivity contribution is 0.126. The van der Waals surface area contributed by atoms with Crippen molar-refractivity contribution in [2.75, 3.05) is 19.6 Å². The van der Waals surface area contributed by atoms with Gasteiger partial charge in [0.25, 0.3) is 0 Å². The number of hydrogen-bond acceptors (Lipinski definition) is 3. The molecular formula is C13H20ClN3. The van der Waals surface area contributed by atoms with Crippen molar-refractivity contribution in [2.24, 2.45) is 17.6 Å². The van der Waals surface area contributed by atoms with E-state index in [1.165, 1.54) is 12.0 Å². The topological polar surface area (TPSA) is 42.2 Å². The maximum Gasteiger partial charge on any atom is 0.129 e. The molecule has 0 spiro atoms. The van der Waals surface area contributed by atoms with Crippen LogP contribution in [-0.2, 0) is 6.54 Å². The van der Waals surface area contributed by atoms with E-state index in [0.29, 0.717) is 11.1 Å². The molecule has 2 heterocycles. The molecule has 1 aromatic rings. The zero-order chi connectivity index (χ0) is 12.3. The van der Waals surface area contributed by atoms with Crippen molar-refractivity contribution in [1.82, 2.24) is 9.88 Å². The maximum atomic E-state index is 5.81. The molecule has 0 amide bonds. The molecule has 1 aliphatic heterocycles. The van der Waals surface area contributed by atoms with Gasteiger partial charge < -0.3 is 5.73 Å². The fourth-order valence-electron chi connectivity index (χ4n) is 2.43. The van der Waals surface area contributed by atoms with Crippen molar-refractivity contribution < 1.29 is 0 Å². The summed E-state index contributed by atoms with van der Waals surface area (Å²) in [7, 11) is 0. The highest BCUT2D eigenvalue weighted by atomic mass is 35.5. The molecular weight excluding hydrogens is 234 g/mol. The van der Waals surface area contributed by atoms with E-state index >= 15 is 0 Å². The van der Waals surface area contributed by atoms with Crippen LogP contribution in [0.15, 0.2) is 18.3 Å². The van der Waals surface area contributed by atoms with Gasteiger partial charge in [-0.25, -0.2) is 4.98 Å². The van der Waals surface area contributed by atoms with Gasteiger partial charge in [-0.2, -0.15) is 0 Å². The molecule has 1 aromatic heterocycles. The number of pyridine rings is 1. The highest BCUT2D eigenvalue weighted by Crippen LogP contribution is 2.23. The number of nitrogens with zero attached hydrogens (tertiary/aromatic N) is 2. The molecule has 94 valence electrons. The average molecular weight is 254 g/mol. The molecule has 0 saturated carbocycles. The van der Waals surface area contributed by atoms with Crippen molar-refractivity contribution in [2.45, 2.75) is 19.9 Å². The fourth-order valence-corrected chi connectivity index (χ4v) is 2.55. The summed E-state index contributed by atoms with van der Waals surface area (Å²) >= 11 is 5.78. The third kappa shape index (κ3) is 3.41. The van der Waals surface area contributed by atoms with Crippen LogP contribution in [0.3, 0.4) is 0 Å². The Hall–Kier alpha value is -0.640. The quantitative estimate of drug-likeness (QED) is 0.840. The molecule has 2 unspecified atom stereocenters. The number of hydrogen-bond donors (Lipinski definition) is 1. The van der Waals surface area contributed by atoms with Crippen molar-refractivity contribution in [1.29, 1.82) is 0 Å². The van der Waals surface area contributed by atoms with Gasteiger partial charge >= 0.3 is 0 Å². The van der Waals surface area contributed by atoms with Crippen molar-refractivity contribution in [3.63, 3.8) is 0 Å². The van der Waals surface area contributed by atoms with E-state index in [1.807, 2.05) is 18.3 Å². The fraction of sp³-hybridized carbons (Fsp3) is 0.615. The van der Waals surface area contributed by atoms with E-state index in [9.17, 15) is 0 Å². The Morgan fingerprint density at radius 1 is 1.53 bits per heavy atom. The van der Waals surface area contributed by atoms with Crippen molar-refractivity contribution >= 4 is 11.6 Å². The van der Waals surface area contributed by atoms with Gasteiger partial charge in [0, 0.05) is 19.3 Å². The largest absolute Gasteiger partial charge is 0.330 e. The molecule has 1 fully saturated rings. The van der Waals surface area contributed by atoms with Gasteiger partial charge in [0.05, 0.1) is 0 Å². The van der Waals surface area contributed by atoms with Gasteiger partial charge in [-0.3, -0.25) is 4.90 Å². The molecule has 2 rings (SSSR count). The third-order valence-corrected chi connectivity index (χ3v) is 3.92. The monoisotopic (exact) mass is 253 g/mol. The van der Waals surface area contributed by atoms with E-state index in [0.717, 1.165) is 32.1 Å². The first-order valence-corrected chi connectivity index (χ1v) is 6.59. The maximum absolute atomic E-state index is 5.81. The van der Waals surface area contributed by atoms with Gasteiger partial charge in [0.15, 0.2) is 0 Å². The summed E-state index contributed by atoms with van der Waals surface area (Å²) in [6.45, 7) is 6.29. The van der Waals surface area contributed by atoms with Gasteiger partial charge in [-0.15, -0.1) is 0 Å². The number of nitrogens with two attached hydrogens (primary N) is 1. The Labute approximate surface area is 108 Å². The van der Waals surface area contributed by atoms with E-state index < -0.39 is 0 Å². The van der Waals surface area contributed by atoms with Crippen LogP contribution in [-0.4, -0.2) is 29.5 Å². The summed E-state index contributed by atoms with van der Waals surface area (Å²) in [5, 5.41) is 0.556. The number of halogens is 1. The summed E-state index contributed by atoms with van der Waals surface area (Å²) in [6, 6.07) is 3.90. The van der Waals surface area contributed by atoms with Gasteiger partial charge in [0.2, 0.25) is 0 Å². The molecule has 0 radical (unpaired) electrons. The summed E-state index contributed by atoms with van der Waals surface area (Å²) in [6.07, 6.45) is 3.10. The summed E-state index contributed by atoms with van der Waals surface area (Å²) in [4.78, 5) is 6.57. The highest BCUT2D eigenvalue weighted by molar-refractivity contribution is 6.29. The molecule has 2 atom stereocenters. The SMILES string of the molecule is CC1CCN(Cc2ccc(Cl)nc2)CC1CN. The minimum absolute atomic E-state index is 0.556. The Morgan fingerprint density at radius 3 is 3.00 bits per heavy atom. The first-order valence-electron chi connectivity index (χ1n) is 6.22. The number of aromatic nitrogens is 1. The molecule has 2 N–H and O–H groups in total. The second-order valence-electron chi connectivity index (χ2n) is 4.99. The van der Waals surface area contributed by atoms with Crippen LogP contribution in [0.4, 0.5) is 0 Å². The third-order valence-electron chi connectivity index (χ3n) is 3.70. The number of likely N-dealkylation sites (tertiary alicyclic amines) is 1. The van der Waals surface area contributed by atoms with E-state index in [4.69, 9.17) is 17.3 Å². The number of rotatable bonds is 3. The van der Waals surface area contributed by atoms with Crippen LogP contribution >= 0.6 is 11.6 Å². The minimum Gasteiger partial charge on any atom is -0.330 e. The molecule has 1 saturated heterocycles. The standard InChI is InChI=1S/C13H20ClN3/c1-10-4-5-17(9-12(10)6-15)8-11-2-3-13(14)16-7-11/h2-3,7,10,12H,4-6,8-9,15H2,1H3. The first-order chi connectivity index (χ1) is 8.19. The van der Waals surface area contributed by atoms with Crippen LogP contribution in [0.5, 0.6) is 0 Å². The van der Waals surface area contributed by atoms with Crippen LogP contribution in [0.2, 0.25) is 5.15 Å². The molecule has 4 heteroatoms. The second-order valence-corrected chi connectivity index (χ2v) is 5.37. The highest BCUT2D eigenvalue weighted by Gasteiger charge is 2.24. The molecule has 3 nitrogen and oxygen atoms in total. The zero-order valence-corrected chi connectivity index (χ0v) is 11.0. The van der Waals surface area contributed by atoms with Crippen LogP contribution in [0.1, 0.15) is 18.9 Å². The van der Waals surface area contributed by atoms with Gasteiger partial charge in [0.1, 0.15) is 5.15 Å². The van der Waals surface area contributed by atoms with E-state index in [-0.39, 0.29) is 0 Å². The molecule has 1 aliphatic rings. The molecule has 0 aliphatic carbocycles. The van der Waals surface area contributed by atoms with Crippen molar-refractivity contribution in [3.05, 3.63) is 29.0 Å². The summed E-state index contributed by atoms with van der Waals surface area (Å²) in [5.41, 5.74) is 7.03. The molecule has 0 aromatic carbocycles. The average Bonchev–Trinajstić information content (AvgIpc) is 2.34. The predicted octanol–water partition coefficient (Wildman–Crippen LogP) is 2.15. The normalized spacial score (nSPS) is 26.1. The Morgan fingerprint density at radius 2 is 2.35 bits per heavy atom. The van der Waals surface area contributed by atoms with Crippen molar-refractivity contribution in [3.8, 4) is 0 Å². The Balaban J connectivity index is 1.93. The minimum atomic E-state index is 0.556. The van der Waals surface area contributed by atoms with Crippen LogP contribution < -0.4 is 5.73 Å². The Bertz CT molecular complexity index is 352. The molecule has 0 bridgehead atoms. The lowest BCUT2D eigenvalue weighted by Crippen LogP contribution is -2.42. The lowest BCUT2D eigenvalue weighted by atomic mass is 9.87. The second kappa shape index (κ2) is 5.80. The van der Waals surface area contributed by atoms with E-state index in [1.54, 1.807) is 0 Å². The Kier molecular flexibility index (Phi) is 4.37. The van der Waals surface area contributed by atoms with Gasteiger partial charge in [-0.1, -0.05) is 24.6 Å². The van der Waals surface area contributed by atoms with Crippen LogP contribution in [0, 0.1) is 11.8 Å². The lowest BCUT2D eigenvalue weighted by Gasteiger charge is -2.36. The van der Waals surface area contributed by atoms with Crippen LogP contribution in [0.25, 0.3) is 0 Å². The number of piperidine rings is 1. The summed E-state index contributed by atoms with van der Waals surface area (Å²) in [5.74, 6) is 1.38. The molecule has 17 heavy (non-hydrogen) atoms. The van der Waals surface area contributed by atoms with Gasteiger partial charge in [-0.05, 0) is 43.0 Å². The first kappa shape index (κ1) is 12.8. The van der Waals surface area contributed by atoms with E-state index in [2.05, 4.69) is 16.8 Å². The zero-order valence-electron chi connectivity index (χ0n) is 10.3.